The summed E-state index contributed by atoms with van der Waals surface area (Å²) in [5, 5.41) is 0. The lowest BCUT2D eigenvalue weighted by Crippen LogP contribution is -2.22. The molecule has 1 saturated carbocycles. The molecular weight excluding hydrogens is 254 g/mol. The van der Waals surface area contributed by atoms with E-state index >= 15 is 0 Å². The highest BCUT2D eigenvalue weighted by atomic mass is 32.2. The molecule has 19 heavy (non-hydrogen) atoms. The molecule has 1 aliphatic rings. The lowest BCUT2D eigenvalue weighted by Gasteiger charge is -2.16. The van der Waals surface area contributed by atoms with E-state index in [1.165, 1.54) is 36.8 Å². The Balaban J connectivity index is 1.92. The van der Waals surface area contributed by atoms with Gasteiger partial charge in [0.15, 0.2) is 0 Å². The highest BCUT2D eigenvalue weighted by Crippen LogP contribution is 2.26. The third-order valence-corrected chi connectivity index (χ3v) is 5.66. The predicted molar refractivity (Wildman–Crippen MR) is 82.7 cm³/mol. The average molecular weight is 279 g/mol. The van der Waals surface area contributed by atoms with Gasteiger partial charge in [-0.15, -0.1) is 0 Å². The summed E-state index contributed by atoms with van der Waals surface area (Å²) in [5.74, 6) is 2.12. The van der Waals surface area contributed by atoms with Crippen molar-refractivity contribution in [2.45, 2.75) is 45.6 Å². The van der Waals surface area contributed by atoms with Gasteiger partial charge in [-0.3, -0.25) is 4.21 Å². The van der Waals surface area contributed by atoms with E-state index in [2.05, 4.69) is 32.0 Å². The van der Waals surface area contributed by atoms with Crippen molar-refractivity contribution in [3.63, 3.8) is 0 Å². The van der Waals surface area contributed by atoms with E-state index in [9.17, 15) is 4.21 Å². The summed E-state index contributed by atoms with van der Waals surface area (Å²) in [7, 11) is -0.779. The fourth-order valence-electron chi connectivity index (χ4n) is 3.04. The summed E-state index contributed by atoms with van der Waals surface area (Å²) >= 11 is 0. The normalized spacial score (nSPS) is 19.5. The van der Waals surface area contributed by atoms with E-state index in [-0.39, 0.29) is 6.04 Å². The Hall–Kier alpha value is -0.670. The van der Waals surface area contributed by atoms with Crippen LogP contribution in [-0.2, 0) is 10.8 Å². The molecule has 1 fully saturated rings. The lowest BCUT2D eigenvalue weighted by atomic mass is 10.0. The molecule has 0 saturated heterocycles. The molecule has 2 atom stereocenters. The quantitative estimate of drug-likeness (QED) is 0.899. The fraction of sp³-hybridized carbons (Fsp3) is 0.625. The zero-order valence-corrected chi connectivity index (χ0v) is 12.8. The highest BCUT2D eigenvalue weighted by molar-refractivity contribution is 7.85. The third-order valence-electron chi connectivity index (χ3n) is 4.09. The van der Waals surface area contributed by atoms with Gasteiger partial charge in [0, 0.05) is 28.3 Å². The molecule has 0 spiro atoms. The van der Waals surface area contributed by atoms with E-state index in [1.54, 1.807) is 0 Å². The Morgan fingerprint density at radius 1 is 1.32 bits per heavy atom. The number of hydrogen-bond donors (Lipinski definition) is 1. The van der Waals surface area contributed by atoms with Gasteiger partial charge < -0.3 is 5.73 Å². The van der Waals surface area contributed by atoms with Gasteiger partial charge in [-0.2, -0.15) is 0 Å². The van der Waals surface area contributed by atoms with Crippen LogP contribution in [0, 0.1) is 19.8 Å². The first-order chi connectivity index (χ1) is 9.06. The number of benzene rings is 1. The van der Waals surface area contributed by atoms with Crippen molar-refractivity contribution in [1.82, 2.24) is 0 Å². The van der Waals surface area contributed by atoms with Crippen LogP contribution in [0.4, 0.5) is 0 Å². The number of nitrogens with two attached hydrogens (primary N) is 1. The van der Waals surface area contributed by atoms with Gasteiger partial charge in [-0.05, 0) is 43.7 Å². The van der Waals surface area contributed by atoms with E-state index in [0.717, 1.165) is 11.3 Å². The lowest BCUT2D eigenvalue weighted by molar-refractivity contribution is 0.602. The Morgan fingerprint density at radius 2 is 2.00 bits per heavy atom. The minimum Gasteiger partial charge on any atom is -0.323 e. The molecule has 0 amide bonds. The van der Waals surface area contributed by atoms with Crippen LogP contribution in [-0.4, -0.2) is 15.7 Å². The van der Waals surface area contributed by atoms with Gasteiger partial charge in [0.25, 0.3) is 0 Å². The van der Waals surface area contributed by atoms with Crippen molar-refractivity contribution in [2.24, 2.45) is 11.7 Å². The van der Waals surface area contributed by atoms with E-state index < -0.39 is 10.8 Å². The van der Waals surface area contributed by atoms with Crippen LogP contribution in [0.3, 0.4) is 0 Å². The molecule has 0 aromatic heterocycles. The number of rotatable bonds is 5. The molecule has 2 unspecified atom stereocenters. The monoisotopic (exact) mass is 279 g/mol. The van der Waals surface area contributed by atoms with Crippen molar-refractivity contribution in [2.75, 3.05) is 11.5 Å². The summed E-state index contributed by atoms with van der Waals surface area (Å²) in [6.07, 6.45) is 5.13. The highest BCUT2D eigenvalue weighted by Gasteiger charge is 2.20. The maximum absolute atomic E-state index is 12.2. The summed E-state index contributed by atoms with van der Waals surface area (Å²) in [5.41, 5.74) is 9.84. The van der Waals surface area contributed by atoms with E-state index in [4.69, 9.17) is 5.73 Å². The average Bonchev–Trinajstić information content (AvgIpc) is 2.81. The molecular formula is C16H25NOS. The topological polar surface area (TPSA) is 43.1 Å². The smallest absolute Gasteiger partial charge is 0.0428 e. The Labute approximate surface area is 119 Å². The molecule has 0 heterocycles. The van der Waals surface area contributed by atoms with Crippen molar-refractivity contribution >= 4 is 10.8 Å². The molecule has 0 radical (unpaired) electrons. The third kappa shape index (κ3) is 4.15. The molecule has 2 rings (SSSR count). The largest absolute Gasteiger partial charge is 0.323 e. The van der Waals surface area contributed by atoms with Crippen molar-refractivity contribution < 1.29 is 4.21 Å². The van der Waals surface area contributed by atoms with E-state index in [1.807, 2.05) is 0 Å². The number of aryl methyl sites for hydroxylation is 2. The van der Waals surface area contributed by atoms with Crippen LogP contribution in [0.15, 0.2) is 18.2 Å². The summed E-state index contributed by atoms with van der Waals surface area (Å²) < 4.78 is 12.2. The van der Waals surface area contributed by atoms with Crippen molar-refractivity contribution in [3.8, 4) is 0 Å². The molecule has 1 aliphatic carbocycles. The molecule has 2 N–H and O–H groups in total. The Kier molecular flexibility index (Phi) is 5.17. The molecule has 106 valence electrons. The molecule has 1 aromatic carbocycles. The van der Waals surface area contributed by atoms with Crippen molar-refractivity contribution in [3.05, 3.63) is 34.9 Å². The number of hydrogen-bond acceptors (Lipinski definition) is 2. The van der Waals surface area contributed by atoms with Crippen LogP contribution < -0.4 is 5.73 Å². The zero-order chi connectivity index (χ0) is 13.8. The second kappa shape index (κ2) is 6.67. The first kappa shape index (κ1) is 14.7. The molecule has 1 aromatic rings. The second-order valence-electron chi connectivity index (χ2n) is 5.89. The summed E-state index contributed by atoms with van der Waals surface area (Å²) in [6.45, 7) is 4.17. The van der Waals surface area contributed by atoms with Gasteiger partial charge in [0.2, 0.25) is 0 Å². The van der Waals surface area contributed by atoms with Gasteiger partial charge in [-0.25, -0.2) is 0 Å². The summed E-state index contributed by atoms with van der Waals surface area (Å²) in [6, 6.07) is 6.22. The molecule has 0 aliphatic heterocycles. The van der Waals surface area contributed by atoms with Gasteiger partial charge in [-0.1, -0.05) is 36.6 Å². The zero-order valence-electron chi connectivity index (χ0n) is 12.0. The minimum absolute atomic E-state index is 0.0946. The first-order valence-corrected chi connectivity index (χ1v) is 8.73. The van der Waals surface area contributed by atoms with Gasteiger partial charge >= 0.3 is 0 Å². The molecule has 2 nitrogen and oxygen atoms in total. The first-order valence-electron chi connectivity index (χ1n) is 7.24. The van der Waals surface area contributed by atoms with Crippen LogP contribution in [0.2, 0.25) is 0 Å². The standard InChI is InChI=1S/C16H25NOS/c1-12-7-8-15(13(2)9-12)16(17)11-19(18)10-14-5-3-4-6-14/h7-9,14,16H,3-6,10-11,17H2,1-2H3. The van der Waals surface area contributed by atoms with Gasteiger partial charge in [0.05, 0.1) is 0 Å². The molecule has 3 heteroatoms. The molecule has 0 bridgehead atoms. The second-order valence-corrected chi connectivity index (χ2v) is 7.44. The van der Waals surface area contributed by atoms with Crippen molar-refractivity contribution in [1.29, 1.82) is 0 Å². The van der Waals surface area contributed by atoms with Gasteiger partial charge in [0.1, 0.15) is 0 Å². The van der Waals surface area contributed by atoms with Crippen LogP contribution >= 0.6 is 0 Å². The maximum Gasteiger partial charge on any atom is 0.0428 e. The van der Waals surface area contributed by atoms with Crippen LogP contribution in [0.5, 0.6) is 0 Å². The maximum atomic E-state index is 12.2. The van der Waals surface area contributed by atoms with E-state index in [0.29, 0.717) is 11.7 Å². The fourth-order valence-corrected chi connectivity index (χ4v) is 4.61. The summed E-state index contributed by atoms with van der Waals surface area (Å²) in [4.78, 5) is 0. The predicted octanol–water partition coefficient (Wildman–Crippen LogP) is 3.24. The van der Waals surface area contributed by atoms with Crippen LogP contribution in [0.1, 0.15) is 48.4 Å². The minimum atomic E-state index is -0.779. The van der Waals surface area contributed by atoms with Crippen LogP contribution in [0.25, 0.3) is 0 Å². The Bertz CT molecular complexity index is 452. The SMILES string of the molecule is Cc1ccc(C(N)CS(=O)CC2CCCC2)c(C)c1. The Morgan fingerprint density at radius 3 is 2.63 bits per heavy atom.